The number of aromatic nitrogens is 1. The zero-order valence-corrected chi connectivity index (χ0v) is 13.2. The lowest BCUT2D eigenvalue weighted by Crippen LogP contribution is -2.44. The molecule has 3 N–H and O–H groups in total. The Balaban J connectivity index is 1.55. The monoisotopic (exact) mass is 320 g/mol. The number of rotatable bonds is 4. The van der Waals surface area contributed by atoms with Gasteiger partial charge in [0.1, 0.15) is 5.82 Å². The maximum absolute atomic E-state index is 12.3. The second kappa shape index (κ2) is 7.72. The zero-order valence-electron chi connectivity index (χ0n) is 13.2. The maximum Gasteiger partial charge on any atom is 0.241 e. The summed E-state index contributed by atoms with van der Waals surface area (Å²) in [5.74, 6) is 0.933. The molecule has 0 radical (unpaired) electrons. The molecule has 1 unspecified atom stereocenters. The van der Waals surface area contributed by atoms with Crippen LogP contribution < -0.4 is 16.0 Å². The van der Waals surface area contributed by atoms with E-state index in [9.17, 15) is 4.79 Å². The van der Waals surface area contributed by atoms with Gasteiger partial charge in [-0.15, -0.1) is 0 Å². The van der Waals surface area contributed by atoms with Crippen LogP contribution in [0.3, 0.4) is 0 Å². The first-order valence-electron chi connectivity index (χ1n) is 8.17. The molecule has 2 aliphatic rings. The second-order valence-corrected chi connectivity index (χ2v) is 5.97. The first kappa shape index (κ1) is 16.2. The van der Waals surface area contributed by atoms with E-state index in [1.807, 2.05) is 12.1 Å². The Hall–Kier alpha value is -1.70. The van der Waals surface area contributed by atoms with Crippen LogP contribution in [0.4, 0.5) is 11.5 Å². The third-order valence-electron chi connectivity index (χ3n) is 4.43. The lowest BCUT2D eigenvalue weighted by molar-refractivity contribution is -0.119. The Morgan fingerprint density at radius 2 is 1.91 bits per heavy atom. The van der Waals surface area contributed by atoms with Crippen molar-refractivity contribution in [3.05, 3.63) is 18.3 Å². The van der Waals surface area contributed by atoms with Crippen LogP contribution >= 0.6 is 0 Å². The van der Waals surface area contributed by atoms with Crippen molar-refractivity contribution in [2.24, 2.45) is 11.7 Å². The normalized spacial score (nSPS) is 21.0. The number of hydrogen-bond acceptors (Lipinski definition) is 6. The summed E-state index contributed by atoms with van der Waals surface area (Å²) in [6.07, 6.45) is 3.35. The van der Waals surface area contributed by atoms with Gasteiger partial charge in [-0.25, -0.2) is 4.98 Å². The van der Waals surface area contributed by atoms with Crippen LogP contribution in [-0.4, -0.2) is 56.5 Å². The van der Waals surface area contributed by atoms with E-state index in [1.165, 1.54) is 0 Å². The predicted molar refractivity (Wildman–Crippen MR) is 87.4 cm³/mol. The van der Waals surface area contributed by atoms with Crippen LogP contribution in [0.15, 0.2) is 18.3 Å². The van der Waals surface area contributed by atoms with Gasteiger partial charge in [0, 0.05) is 26.3 Å². The van der Waals surface area contributed by atoms with Crippen LogP contribution in [0.2, 0.25) is 0 Å². The van der Waals surface area contributed by atoms with Gasteiger partial charge in [0.15, 0.2) is 0 Å². The van der Waals surface area contributed by atoms with Crippen molar-refractivity contribution in [2.45, 2.75) is 18.9 Å². The molecular weight excluding hydrogens is 296 g/mol. The lowest BCUT2D eigenvalue weighted by atomic mass is 9.92. The molecule has 3 heterocycles. The Labute approximate surface area is 136 Å². The smallest absolute Gasteiger partial charge is 0.241 e. The Morgan fingerprint density at radius 1 is 1.22 bits per heavy atom. The minimum atomic E-state index is -0.502. The average Bonchev–Trinajstić information content (AvgIpc) is 2.63. The molecule has 0 bridgehead atoms. The highest BCUT2D eigenvalue weighted by Crippen LogP contribution is 2.20. The third kappa shape index (κ3) is 4.19. The molecule has 0 aliphatic carbocycles. The van der Waals surface area contributed by atoms with Gasteiger partial charge in [0.25, 0.3) is 0 Å². The summed E-state index contributed by atoms with van der Waals surface area (Å²) in [5, 5.41) is 2.86. The quantitative estimate of drug-likeness (QED) is 0.845. The number of pyridine rings is 1. The van der Waals surface area contributed by atoms with E-state index in [1.54, 1.807) is 6.20 Å². The summed E-state index contributed by atoms with van der Waals surface area (Å²) in [6, 6.07) is 3.28. The summed E-state index contributed by atoms with van der Waals surface area (Å²) < 4.78 is 10.6. The van der Waals surface area contributed by atoms with Gasteiger partial charge in [0.2, 0.25) is 5.91 Å². The van der Waals surface area contributed by atoms with Crippen molar-refractivity contribution < 1.29 is 14.3 Å². The molecule has 0 saturated carbocycles. The number of nitrogens with zero attached hydrogens (tertiary/aromatic N) is 2. The predicted octanol–water partition coefficient (Wildman–Crippen LogP) is 0.611. The fourth-order valence-electron chi connectivity index (χ4n) is 2.95. The first-order valence-corrected chi connectivity index (χ1v) is 8.17. The van der Waals surface area contributed by atoms with Crippen LogP contribution in [0.1, 0.15) is 12.8 Å². The molecule has 23 heavy (non-hydrogen) atoms. The fourth-order valence-corrected chi connectivity index (χ4v) is 2.95. The summed E-state index contributed by atoms with van der Waals surface area (Å²) >= 11 is 0. The molecule has 1 aromatic rings. The van der Waals surface area contributed by atoms with E-state index in [0.717, 1.165) is 45.0 Å². The number of nitrogens with one attached hydrogen (secondary N) is 1. The SMILES string of the molecule is NC(C(=O)Nc1ccc(N2CCOCC2)nc1)C1CCOCC1. The Morgan fingerprint density at radius 3 is 2.57 bits per heavy atom. The highest BCUT2D eigenvalue weighted by molar-refractivity contribution is 5.94. The average molecular weight is 320 g/mol. The van der Waals surface area contributed by atoms with Crippen LogP contribution in [0.25, 0.3) is 0 Å². The van der Waals surface area contributed by atoms with Crippen LogP contribution in [-0.2, 0) is 14.3 Å². The van der Waals surface area contributed by atoms with Crippen LogP contribution in [0.5, 0.6) is 0 Å². The van der Waals surface area contributed by atoms with Crippen molar-refractivity contribution in [3.8, 4) is 0 Å². The van der Waals surface area contributed by atoms with E-state index in [4.69, 9.17) is 15.2 Å². The number of hydrogen-bond donors (Lipinski definition) is 2. The van der Waals surface area contributed by atoms with Crippen molar-refractivity contribution >= 4 is 17.4 Å². The van der Waals surface area contributed by atoms with Gasteiger partial charge in [-0.1, -0.05) is 0 Å². The van der Waals surface area contributed by atoms with Crippen molar-refractivity contribution in [2.75, 3.05) is 49.7 Å². The first-order chi connectivity index (χ1) is 11.2. The number of amides is 1. The van der Waals surface area contributed by atoms with E-state index >= 15 is 0 Å². The van der Waals surface area contributed by atoms with Gasteiger partial charge in [0.05, 0.1) is 31.1 Å². The zero-order chi connectivity index (χ0) is 16.1. The molecule has 2 aliphatic heterocycles. The van der Waals surface area contributed by atoms with E-state index < -0.39 is 6.04 Å². The molecule has 7 heteroatoms. The van der Waals surface area contributed by atoms with Crippen molar-refractivity contribution in [1.29, 1.82) is 0 Å². The summed E-state index contributed by atoms with van der Waals surface area (Å²) in [4.78, 5) is 18.9. The number of carbonyl (C=O) groups excluding carboxylic acids is 1. The maximum atomic E-state index is 12.3. The molecule has 1 aromatic heterocycles. The minimum absolute atomic E-state index is 0.155. The summed E-state index contributed by atoms with van der Waals surface area (Å²) in [7, 11) is 0. The molecule has 0 aromatic carbocycles. The summed E-state index contributed by atoms with van der Waals surface area (Å²) in [5.41, 5.74) is 6.75. The van der Waals surface area contributed by atoms with Crippen LogP contribution in [0, 0.1) is 5.92 Å². The second-order valence-electron chi connectivity index (χ2n) is 5.97. The van der Waals surface area contributed by atoms with Crippen molar-refractivity contribution in [1.82, 2.24) is 4.98 Å². The minimum Gasteiger partial charge on any atom is -0.381 e. The largest absolute Gasteiger partial charge is 0.381 e. The molecule has 2 fully saturated rings. The molecule has 7 nitrogen and oxygen atoms in total. The number of morpholine rings is 1. The van der Waals surface area contributed by atoms with E-state index in [2.05, 4.69) is 15.2 Å². The standard InChI is InChI=1S/C16H24N4O3/c17-15(12-3-7-22-8-4-12)16(21)19-13-1-2-14(18-11-13)20-5-9-23-10-6-20/h1-2,11-12,15H,3-10,17H2,(H,19,21). The summed E-state index contributed by atoms with van der Waals surface area (Å²) in [6.45, 7) is 4.49. The van der Waals surface area contributed by atoms with Gasteiger partial charge in [-0.3, -0.25) is 4.79 Å². The van der Waals surface area contributed by atoms with Gasteiger partial charge < -0.3 is 25.4 Å². The molecular formula is C16H24N4O3. The highest BCUT2D eigenvalue weighted by Gasteiger charge is 2.26. The lowest BCUT2D eigenvalue weighted by Gasteiger charge is -2.28. The number of carbonyl (C=O) groups is 1. The highest BCUT2D eigenvalue weighted by atomic mass is 16.5. The molecule has 3 rings (SSSR count). The molecule has 126 valence electrons. The number of nitrogens with two attached hydrogens (primary N) is 1. The molecule has 1 atom stereocenters. The Bertz CT molecular complexity index is 511. The fraction of sp³-hybridized carbons (Fsp3) is 0.625. The number of anilines is 2. The topological polar surface area (TPSA) is 89.7 Å². The van der Waals surface area contributed by atoms with Crippen molar-refractivity contribution in [3.63, 3.8) is 0 Å². The van der Waals surface area contributed by atoms with E-state index in [-0.39, 0.29) is 11.8 Å². The molecule has 1 amide bonds. The van der Waals surface area contributed by atoms with Gasteiger partial charge in [-0.05, 0) is 30.9 Å². The molecule has 2 saturated heterocycles. The van der Waals surface area contributed by atoms with Gasteiger partial charge >= 0.3 is 0 Å². The molecule has 0 spiro atoms. The third-order valence-corrected chi connectivity index (χ3v) is 4.43. The van der Waals surface area contributed by atoms with E-state index in [0.29, 0.717) is 18.9 Å². The Kier molecular flexibility index (Phi) is 5.43. The number of ether oxygens (including phenoxy) is 2. The van der Waals surface area contributed by atoms with Gasteiger partial charge in [-0.2, -0.15) is 0 Å².